The van der Waals surface area contributed by atoms with E-state index in [-0.39, 0.29) is 11.3 Å². The molecule has 118 valence electrons. The van der Waals surface area contributed by atoms with Gasteiger partial charge in [0.1, 0.15) is 0 Å². The third-order valence-electron chi connectivity index (χ3n) is 4.78. The van der Waals surface area contributed by atoms with Crippen molar-refractivity contribution in [2.24, 2.45) is 0 Å². The average Bonchev–Trinajstić information content (AvgIpc) is 2.41. The number of rotatable bonds is 3. The van der Waals surface area contributed by atoms with E-state index in [1.54, 1.807) is 6.07 Å². The van der Waals surface area contributed by atoms with Crippen LogP contribution in [0.2, 0.25) is 0 Å². The molecule has 3 nitrogen and oxygen atoms in total. The van der Waals surface area contributed by atoms with Gasteiger partial charge in [-0.2, -0.15) is 0 Å². The molecule has 2 rings (SSSR count). The highest BCUT2D eigenvalue weighted by atomic mass is 32.2. The van der Waals surface area contributed by atoms with Crippen LogP contribution in [0.5, 0.6) is 0 Å². The third-order valence-corrected chi connectivity index (χ3v) is 7.05. The van der Waals surface area contributed by atoms with E-state index < -0.39 is 9.84 Å². The molecule has 2 atom stereocenters. The lowest BCUT2D eigenvalue weighted by Crippen LogP contribution is -2.43. The molecule has 0 bridgehead atoms. The first kappa shape index (κ1) is 16.5. The van der Waals surface area contributed by atoms with Crippen LogP contribution in [0, 0.1) is 13.8 Å². The monoisotopic (exact) mass is 309 g/mol. The number of aryl methyl sites for hydroxylation is 2. The summed E-state index contributed by atoms with van der Waals surface area (Å²) in [6.45, 7) is 3.99. The first-order valence-electron chi connectivity index (χ1n) is 7.95. The van der Waals surface area contributed by atoms with Crippen LogP contribution in [-0.4, -0.2) is 26.8 Å². The molecule has 1 saturated carbocycles. The van der Waals surface area contributed by atoms with Gasteiger partial charge in [-0.05, 0) is 57.0 Å². The highest BCUT2D eigenvalue weighted by Gasteiger charge is 2.34. The van der Waals surface area contributed by atoms with Crippen molar-refractivity contribution >= 4 is 9.84 Å². The van der Waals surface area contributed by atoms with E-state index in [1.165, 1.54) is 6.42 Å². The number of nitrogens with one attached hydrogen (secondary N) is 1. The topological polar surface area (TPSA) is 46.2 Å². The van der Waals surface area contributed by atoms with Gasteiger partial charge in [-0.25, -0.2) is 8.42 Å². The zero-order chi connectivity index (χ0) is 15.5. The summed E-state index contributed by atoms with van der Waals surface area (Å²) in [5.74, 6) is 0. The van der Waals surface area contributed by atoms with Crippen LogP contribution in [0.25, 0.3) is 0 Å². The summed E-state index contributed by atoms with van der Waals surface area (Å²) in [7, 11) is -1.38. The van der Waals surface area contributed by atoms with Gasteiger partial charge in [0.25, 0.3) is 0 Å². The van der Waals surface area contributed by atoms with Gasteiger partial charge in [-0.1, -0.05) is 31.7 Å². The normalized spacial score (nSPS) is 24.3. The Morgan fingerprint density at radius 1 is 1.00 bits per heavy atom. The molecule has 0 heterocycles. The van der Waals surface area contributed by atoms with Gasteiger partial charge in [0.15, 0.2) is 9.84 Å². The van der Waals surface area contributed by atoms with Gasteiger partial charge in [-0.15, -0.1) is 0 Å². The van der Waals surface area contributed by atoms with Gasteiger partial charge < -0.3 is 5.32 Å². The minimum Gasteiger partial charge on any atom is -0.316 e. The highest BCUT2D eigenvalue weighted by Crippen LogP contribution is 2.28. The van der Waals surface area contributed by atoms with E-state index in [0.717, 1.165) is 43.2 Å². The molecule has 2 unspecified atom stereocenters. The van der Waals surface area contributed by atoms with Crippen molar-refractivity contribution in [1.29, 1.82) is 0 Å². The number of hydrogen-bond acceptors (Lipinski definition) is 3. The highest BCUT2D eigenvalue weighted by molar-refractivity contribution is 7.92. The summed E-state index contributed by atoms with van der Waals surface area (Å²) < 4.78 is 26.1. The molecule has 0 radical (unpaired) electrons. The zero-order valence-electron chi connectivity index (χ0n) is 13.4. The van der Waals surface area contributed by atoms with E-state index in [9.17, 15) is 8.42 Å². The standard InChI is InChI=1S/C17H27NO2S/c1-13-10-11-15(12-14(13)2)21(19,20)17-9-7-5-4-6-8-16(17)18-3/h10-12,16-18H,4-9H2,1-3H3. The first-order chi connectivity index (χ1) is 9.96. The lowest BCUT2D eigenvalue weighted by Gasteiger charge is -2.29. The van der Waals surface area contributed by atoms with Crippen molar-refractivity contribution in [3.05, 3.63) is 29.3 Å². The van der Waals surface area contributed by atoms with Crippen LogP contribution in [0.1, 0.15) is 49.7 Å². The minimum atomic E-state index is -3.26. The Hall–Kier alpha value is -0.870. The second-order valence-corrected chi connectivity index (χ2v) is 8.38. The van der Waals surface area contributed by atoms with Crippen molar-refractivity contribution < 1.29 is 8.42 Å². The van der Waals surface area contributed by atoms with Crippen molar-refractivity contribution in [2.75, 3.05) is 7.05 Å². The predicted molar refractivity (Wildman–Crippen MR) is 87.4 cm³/mol. The molecule has 1 aliphatic rings. The lowest BCUT2D eigenvalue weighted by molar-refractivity contribution is 0.405. The molecule has 0 saturated heterocycles. The van der Waals surface area contributed by atoms with Crippen molar-refractivity contribution in [2.45, 2.75) is 68.6 Å². The molecule has 4 heteroatoms. The molecular formula is C17H27NO2S. The van der Waals surface area contributed by atoms with Crippen LogP contribution in [0.3, 0.4) is 0 Å². The SMILES string of the molecule is CNC1CCCCCCC1S(=O)(=O)c1ccc(C)c(C)c1. The van der Waals surface area contributed by atoms with Gasteiger partial charge >= 0.3 is 0 Å². The van der Waals surface area contributed by atoms with Crippen molar-refractivity contribution in [3.63, 3.8) is 0 Å². The Balaban J connectivity index is 2.36. The van der Waals surface area contributed by atoms with E-state index >= 15 is 0 Å². The second-order valence-electron chi connectivity index (χ2n) is 6.22. The Kier molecular flexibility index (Phi) is 5.44. The fourth-order valence-electron chi connectivity index (χ4n) is 3.22. The fraction of sp³-hybridized carbons (Fsp3) is 0.647. The maximum Gasteiger partial charge on any atom is 0.182 e. The fourth-order valence-corrected chi connectivity index (χ4v) is 5.35. The van der Waals surface area contributed by atoms with Crippen LogP contribution in [0.4, 0.5) is 0 Å². The Morgan fingerprint density at radius 3 is 2.29 bits per heavy atom. The molecule has 1 aromatic rings. The van der Waals surface area contributed by atoms with Crippen LogP contribution >= 0.6 is 0 Å². The van der Waals surface area contributed by atoms with Crippen LogP contribution < -0.4 is 5.32 Å². The summed E-state index contributed by atoms with van der Waals surface area (Å²) in [5.41, 5.74) is 2.18. The van der Waals surface area contributed by atoms with Gasteiger partial charge in [0.2, 0.25) is 0 Å². The van der Waals surface area contributed by atoms with E-state index in [0.29, 0.717) is 4.90 Å². The quantitative estimate of drug-likeness (QED) is 0.931. The molecule has 1 aromatic carbocycles. The molecule has 0 aromatic heterocycles. The summed E-state index contributed by atoms with van der Waals surface area (Å²) in [6, 6.07) is 5.58. The van der Waals surface area contributed by atoms with E-state index in [2.05, 4.69) is 5.32 Å². The molecular weight excluding hydrogens is 282 g/mol. The lowest BCUT2D eigenvalue weighted by atomic mass is 9.96. The number of sulfone groups is 1. The third kappa shape index (κ3) is 3.67. The van der Waals surface area contributed by atoms with Gasteiger partial charge in [0.05, 0.1) is 10.1 Å². The molecule has 1 aliphatic carbocycles. The van der Waals surface area contributed by atoms with Crippen LogP contribution in [-0.2, 0) is 9.84 Å². The molecule has 0 aliphatic heterocycles. The van der Waals surface area contributed by atoms with Crippen LogP contribution in [0.15, 0.2) is 23.1 Å². The van der Waals surface area contributed by atoms with E-state index in [1.807, 2.05) is 33.0 Å². The smallest absolute Gasteiger partial charge is 0.182 e. The summed E-state index contributed by atoms with van der Waals surface area (Å²) in [5, 5.41) is 2.94. The molecule has 1 fully saturated rings. The molecule has 1 N–H and O–H groups in total. The predicted octanol–water partition coefficient (Wildman–Crippen LogP) is 3.39. The Morgan fingerprint density at radius 2 is 1.67 bits per heavy atom. The van der Waals surface area contributed by atoms with Gasteiger partial charge in [-0.3, -0.25) is 0 Å². The van der Waals surface area contributed by atoms with Gasteiger partial charge in [0, 0.05) is 6.04 Å². The molecule has 0 amide bonds. The largest absolute Gasteiger partial charge is 0.316 e. The summed E-state index contributed by atoms with van der Waals surface area (Å²) >= 11 is 0. The zero-order valence-corrected chi connectivity index (χ0v) is 14.2. The van der Waals surface area contributed by atoms with Crippen molar-refractivity contribution in [1.82, 2.24) is 5.32 Å². The minimum absolute atomic E-state index is 0.0666. The Labute approximate surface area is 129 Å². The average molecular weight is 309 g/mol. The maximum atomic E-state index is 13.0. The second kappa shape index (κ2) is 6.93. The summed E-state index contributed by atoms with van der Waals surface area (Å²) in [4.78, 5) is 0.483. The maximum absolute atomic E-state index is 13.0. The first-order valence-corrected chi connectivity index (χ1v) is 9.50. The van der Waals surface area contributed by atoms with Crippen molar-refractivity contribution in [3.8, 4) is 0 Å². The molecule has 0 spiro atoms. The number of benzene rings is 1. The Bertz CT molecular complexity index is 580. The van der Waals surface area contributed by atoms with E-state index in [4.69, 9.17) is 0 Å². The number of hydrogen-bond donors (Lipinski definition) is 1. The molecule has 21 heavy (non-hydrogen) atoms. The summed E-state index contributed by atoms with van der Waals surface area (Å²) in [6.07, 6.45) is 6.20.